The van der Waals surface area contributed by atoms with Gasteiger partial charge in [-0.15, -0.1) is 0 Å². The lowest BCUT2D eigenvalue weighted by atomic mass is 10.3. The van der Waals surface area contributed by atoms with E-state index in [-0.39, 0.29) is 0 Å². The molecule has 0 amide bonds. The lowest BCUT2D eigenvalue weighted by Gasteiger charge is -2.03. The predicted octanol–water partition coefficient (Wildman–Crippen LogP) is 4.21. The van der Waals surface area contributed by atoms with Crippen LogP contribution < -0.4 is 0 Å². The molecule has 0 fully saturated rings. The Morgan fingerprint density at radius 2 is 2.31 bits per heavy atom. The molecular formula is C11H13BrN2S2. The van der Waals surface area contributed by atoms with Gasteiger partial charge < -0.3 is 9.55 Å². The fourth-order valence-corrected chi connectivity index (χ4v) is 2.78. The molecule has 86 valence electrons. The summed E-state index contributed by atoms with van der Waals surface area (Å²) >= 11 is 10.7. The summed E-state index contributed by atoms with van der Waals surface area (Å²) in [7, 11) is 0. The van der Waals surface area contributed by atoms with Crippen LogP contribution in [0.5, 0.6) is 0 Å². The predicted molar refractivity (Wildman–Crippen MR) is 77.8 cm³/mol. The third-order valence-corrected chi connectivity index (χ3v) is 3.98. The number of hydrogen-bond donors (Lipinski definition) is 1. The van der Waals surface area contributed by atoms with Gasteiger partial charge in [-0.2, -0.15) is 11.8 Å². The Bertz CT molecular complexity index is 544. The molecule has 0 saturated heterocycles. The summed E-state index contributed by atoms with van der Waals surface area (Å²) in [6, 6.07) is 6.20. The van der Waals surface area contributed by atoms with Crippen LogP contribution in [0.25, 0.3) is 11.0 Å². The number of H-pyrrole nitrogens is 1. The summed E-state index contributed by atoms with van der Waals surface area (Å²) in [5.74, 6) is 1.17. The molecule has 2 nitrogen and oxygen atoms in total. The number of benzene rings is 1. The molecular weight excluding hydrogens is 304 g/mol. The van der Waals surface area contributed by atoms with E-state index in [0.29, 0.717) is 0 Å². The van der Waals surface area contributed by atoms with E-state index < -0.39 is 0 Å². The smallest absolute Gasteiger partial charge is 0.178 e. The van der Waals surface area contributed by atoms with Crippen molar-refractivity contribution in [2.45, 2.75) is 13.0 Å². The van der Waals surface area contributed by atoms with E-state index >= 15 is 0 Å². The highest BCUT2D eigenvalue weighted by molar-refractivity contribution is 9.10. The second kappa shape index (κ2) is 5.38. The van der Waals surface area contributed by atoms with Gasteiger partial charge in [-0.25, -0.2) is 0 Å². The maximum atomic E-state index is 5.33. The number of hydrogen-bond acceptors (Lipinski definition) is 2. The van der Waals surface area contributed by atoms with Crippen molar-refractivity contribution >= 4 is 50.9 Å². The molecule has 0 spiro atoms. The maximum absolute atomic E-state index is 5.33. The minimum atomic E-state index is 0.814. The highest BCUT2D eigenvalue weighted by Crippen LogP contribution is 2.20. The molecule has 0 aliphatic carbocycles. The van der Waals surface area contributed by atoms with E-state index in [0.717, 1.165) is 27.7 Å². The number of fused-ring (bicyclic) bond motifs is 1. The van der Waals surface area contributed by atoms with Crippen LogP contribution in [-0.4, -0.2) is 21.6 Å². The minimum Gasteiger partial charge on any atom is -0.331 e. The average molecular weight is 317 g/mol. The fraction of sp³-hybridized carbons (Fsp3) is 0.364. The molecule has 0 atom stereocenters. The average Bonchev–Trinajstić information content (AvgIpc) is 2.56. The molecule has 0 unspecified atom stereocenters. The number of imidazole rings is 1. The van der Waals surface area contributed by atoms with Gasteiger partial charge in [-0.05, 0) is 48.8 Å². The van der Waals surface area contributed by atoms with Crippen LogP contribution in [0.2, 0.25) is 0 Å². The number of rotatable bonds is 4. The van der Waals surface area contributed by atoms with Gasteiger partial charge in [-0.1, -0.05) is 15.9 Å². The Hall–Kier alpha value is -0.260. The molecule has 0 saturated carbocycles. The van der Waals surface area contributed by atoms with Crippen LogP contribution in [0.15, 0.2) is 22.7 Å². The topological polar surface area (TPSA) is 20.7 Å². The van der Waals surface area contributed by atoms with Crippen molar-refractivity contribution in [1.82, 2.24) is 9.55 Å². The molecule has 5 heteroatoms. The highest BCUT2D eigenvalue weighted by atomic mass is 79.9. The number of aromatic nitrogens is 2. The van der Waals surface area contributed by atoms with Crippen LogP contribution in [-0.2, 0) is 6.54 Å². The fourth-order valence-electron chi connectivity index (χ4n) is 1.71. The Kier molecular flexibility index (Phi) is 4.10. The number of aromatic amines is 1. The first-order chi connectivity index (χ1) is 7.72. The molecule has 2 rings (SSSR count). The van der Waals surface area contributed by atoms with Crippen molar-refractivity contribution in [1.29, 1.82) is 0 Å². The zero-order chi connectivity index (χ0) is 11.5. The third-order valence-electron chi connectivity index (χ3n) is 2.47. The molecule has 0 radical (unpaired) electrons. The van der Waals surface area contributed by atoms with Gasteiger partial charge in [0, 0.05) is 11.0 Å². The number of nitrogens with one attached hydrogen (secondary N) is 1. The van der Waals surface area contributed by atoms with E-state index in [2.05, 4.69) is 43.9 Å². The van der Waals surface area contributed by atoms with Crippen LogP contribution in [0.3, 0.4) is 0 Å². The number of nitrogens with zero attached hydrogens (tertiary/aromatic N) is 1. The number of halogens is 1. The quantitative estimate of drug-likeness (QED) is 0.673. The van der Waals surface area contributed by atoms with E-state index in [9.17, 15) is 0 Å². The monoisotopic (exact) mass is 316 g/mol. The van der Waals surface area contributed by atoms with Crippen LogP contribution in [0.4, 0.5) is 0 Å². The van der Waals surface area contributed by atoms with Crippen molar-refractivity contribution in [3.63, 3.8) is 0 Å². The first kappa shape index (κ1) is 12.2. The van der Waals surface area contributed by atoms with Gasteiger partial charge in [0.25, 0.3) is 0 Å². The zero-order valence-corrected chi connectivity index (χ0v) is 12.2. The second-order valence-electron chi connectivity index (χ2n) is 3.59. The van der Waals surface area contributed by atoms with Crippen LogP contribution in [0.1, 0.15) is 6.42 Å². The number of thioether (sulfide) groups is 1. The molecule has 0 aliphatic rings. The molecule has 1 aromatic carbocycles. The highest BCUT2D eigenvalue weighted by Gasteiger charge is 2.04. The van der Waals surface area contributed by atoms with Gasteiger partial charge in [-0.3, -0.25) is 0 Å². The molecule has 1 N–H and O–H groups in total. The standard InChI is InChI=1S/C11H13BrN2S2/c1-16-6-2-5-14-10-7-8(12)3-4-9(10)13-11(14)15/h3-4,7H,2,5-6H2,1H3,(H,13,15). The normalized spacial score (nSPS) is 11.1. The SMILES string of the molecule is CSCCCn1c(=S)[nH]c2ccc(Br)cc21. The minimum absolute atomic E-state index is 0.814. The number of aryl methyl sites for hydroxylation is 1. The first-order valence-corrected chi connectivity index (χ1v) is 7.69. The van der Waals surface area contributed by atoms with E-state index in [1.54, 1.807) is 0 Å². The Labute approximate surface area is 113 Å². The molecule has 0 bridgehead atoms. The Morgan fingerprint density at radius 3 is 3.06 bits per heavy atom. The summed E-state index contributed by atoms with van der Waals surface area (Å²) in [4.78, 5) is 3.23. The molecule has 1 aromatic heterocycles. The molecule has 0 aliphatic heterocycles. The van der Waals surface area contributed by atoms with Crippen LogP contribution >= 0.6 is 39.9 Å². The molecule has 2 aromatic rings. The van der Waals surface area contributed by atoms with E-state index in [4.69, 9.17) is 12.2 Å². The van der Waals surface area contributed by atoms with Gasteiger partial charge >= 0.3 is 0 Å². The van der Waals surface area contributed by atoms with Crippen molar-refractivity contribution in [3.05, 3.63) is 27.4 Å². The summed E-state index contributed by atoms with van der Waals surface area (Å²) in [5.41, 5.74) is 2.29. The van der Waals surface area contributed by atoms with Crippen molar-refractivity contribution < 1.29 is 0 Å². The Balaban J connectivity index is 2.38. The summed E-state index contributed by atoms with van der Waals surface area (Å²) in [6.07, 6.45) is 3.28. The lowest BCUT2D eigenvalue weighted by molar-refractivity contribution is 0.694. The Morgan fingerprint density at radius 1 is 1.50 bits per heavy atom. The second-order valence-corrected chi connectivity index (χ2v) is 5.88. The molecule has 16 heavy (non-hydrogen) atoms. The van der Waals surface area contributed by atoms with Crippen molar-refractivity contribution in [2.24, 2.45) is 0 Å². The van der Waals surface area contributed by atoms with Crippen molar-refractivity contribution in [2.75, 3.05) is 12.0 Å². The van der Waals surface area contributed by atoms with Gasteiger partial charge in [0.2, 0.25) is 0 Å². The molecule has 1 heterocycles. The van der Waals surface area contributed by atoms with Gasteiger partial charge in [0.1, 0.15) is 0 Å². The zero-order valence-electron chi connectivity index (χ0n) is 9.00. The summed E-state index contributed by atoms with van der Waals surface area (Å²) < 4.78 is 4.08. The summed E-state index contributed by atoms with van der Waals surface area (Å²) in [5, 5.41) is 0. The third kappa shape index (κ3) is 2.52. The van der Waals surface area contributed by atoms with E-state index in [1.807, 2.05) is 17.8 Å². The van der Waals surface area contributed by atoms with Gasteiger partial charge in [0.05, 0.1) is 11.0 Å². The first-order valence-electron chi connectivity index (χ1n) is 5.09. The maximum Gasteiger partial charge on any atom is 0.178 e. The van der Waals surface area contributed by atoms with Crippen molar-refractivity contribution in [3.8, 4) is 0 Å². The summed E-state index contributed by atoms with van der Waals surface area (Å²) in [6.45, 7) is 0.982. The largest absolute Gasteiger partial charge is 0.331 e. The van der Waals surface area contributed by atoms with Crippen LogP contribution in [0, 0.1) is 4.77 Å². The van der Waals surface area contributed by atoms with Gasteiger partial charge in [0.15, 0.2) is 4.77 Å². The van der Waals surface area contributed by atoms with E-state index in [1.165, 1.54) is 11.3 Å². The lowest BCUT2D eigenvalue weighted by Crippen LogP contribution is -1.98.